The van der Waals surface area contributed by atoms with Gasteiger partial charge in [-0.3, -0.25) is 9.59 Å². The number of likely N-dealkylation sites (N-methyl/N-ethyl adjacent to an activating group) is 1. The van der Waals surface area contributed by atoms with E-state index in [0.29, 0.717) is 32.9 Å². The van der Waals surface area contributed by atoms with E-state index >= 15 is 0 Å². The van der Waals surface area contributed by atoms with Crippen LogP contribution in [0.4, 0.5) is 5.69 Å². The van der Waals surface area contributed by atoms with Gasteiger partial charge in [0.1, 0.15) is 6.54 Å². The van der Waals surface area contributed by atoms with E-state index in [2.05, 4.69) is 21.2 Å². The third-order valence-corrected chi connectivity index (χ3v) is 4.84. The van der Waals surface area contributed by atoms with Gasteiger partial charge in [0.15, 0.2) is 0 Å². The number of rotatable bonds is 5. The Hall–Kier alpha value is -1.27. The van der Waals surface area contributed by atoms with Crippen LogP contribution in [0.2, 0.25) is 15.1 Å². The van der Waals surface area contributed by atoms with Crippen LogP contribution in [-0.4, -0.2) is 29.8 Å². The van der Waals surface area contributed by atoms with Crippen LogP contribution in [0.1, 0.15) is 17.3 Å². The van der Waals surface area contributed by atoms with E-state index in [1.54, 1.807) is 43.3 Å². The van der Waals surface area contributed by atoms with Crippen LogP contribution in [0.5, 0.6) is 0 Å². The average molecular weight is 465 g/mol. The number of nitrogens with one attached hydrogen (secondary N) is 1. The number of carbonyl (C=O) groups is 2. The molecular formula is C17H14BrCl3N2O2. The summed E-state index contributed by atoms with van der Waals surface area (Å²) in [7, 11) is 0. The molecule has 1 N–H and O–H groups in total. The summed E-state index contributed by atoms with van der Waals surface area (Å²) in [6.45, 7) is 1.96. The van der Waals surface area contributed by atoms with Gasteiger partial charge in [-0.25, -0.2) is 0 Å². The third kappa shape index (κ3) is 5.11. The first-order valence-corrected chi connectivity index (χ1v) is 9.24. The standard InChI is InChI=1S/C17H14BrCl3N2O2/c1-2-23(17(25)11-8-10(18)6-7-12(11)19)9-15(24)22-16-13(20)4-3-5-14(16)21/h3-8H,2,9H2,1H3,(H,22,24). The van der Waals surface area contributed by atoms with Gasteiger partial charge >= 0.3 is 0 Å². The van der Waals surface area contributed by atoms with Gasteiger partial charge in [0.05, 0.1) is 26.3 Å². The summed E-state index contributed by atoms with van der Waals surface area (Å²) in [5.74, 6) is -0.745. The highest BCUT2D eigenvalue weighted by atomic mass is 79.9. The van der Waals surface area contributed by atoms with Gasteiger partial charge in [0, 0.05) is 11.0 Å². The highest BCUT2D eigenvalue weighted by Gasteiger charge is 2.21. The maximum atomic E-state index is 12.7. The first kappa shape index (κ1) is 20.0. The molecule has 8 heteroatoms. The maximum Gasteiger partial charge on any atom is 0.255 e. The molecule has 0 fully saturated rings. The zero-order valence-electron chi connectivity index (χ0n) is 13.2. The predicted octanol–water partition coefficient (Wildman–Crippen LogP) is 5.51. The van der Waals surface area contributed by atoms with Gasteiger partial charge in [-0.15, -0.1) is 0 Å². The minimum Gasteiger partial charge on any atom is -0.330 e. The molecule has 0 atom stereocenters. The zero-order valence-corrected chi connectivity index (χ0v) is 17.0. The Morgan fingerprint density at radius 2 is 1.72 bits per heavy atom. The number of halogens is 4. The Morgan fingerprint density at radius 3 is 2.32 bits per heavy atom. The number of carbonyl (C=O) groups excluding carboxylic acids is 2. The summed E-state index contributed by atoms with van der Waals surface area (Å²) in [6, 6.07) is 9.89. The fraction of sp³-hybridized carbons (Fsp3) is 0.176. The monoisotopic (exact) mass is 462 g/mol. The second-order valence-corrected chi connectivity index (χ2v) is 7.23. The molecular weight excluding hydrogens is 450 g/mol. The van der Waals surface area contributed by atoms with Crippen molar-refractivity contribution in [3.05, 3.63) is 61.5 Å². The number of hydrogen-bond acceptors (Lipinski definition) is 2. The van der Waals surface area contributed by atoms with Crippen molar-refractivity contribution in [1.29, 1.82) is 0 Å². The van der Waals surface area contributed by atoms with E-state index < -0.39 is 5.91 Å². The van der Waals surface area contributed by atoms with Crippen LogP contribution < -0.4 is 5.32 Å². The van der Waals surface area contributed by atoms with Crippen molar-refractivity contribution < 1.29 is 9.59 Å². The summed E-state index contributed by atoms with van der Waals surface area (Å²) in [5.41, 5.74) is 0.640. The lowest BCUT2D eigenvalue weighted by molar-refractivity contribution is -0.116. The highest BCUT2D eigenvalue weighted by molar-refractivity contribution is 9.10. The van der Waals surface area contributed by atoms with Crippen LogP contribution in [0.25, 0.3) is 0 Å². The largest absolute Gasteiger partial charge is 0.330 e. The summed E-state index contributed by atoms with van der Waals surface area (Å²) >= 11 is 21.5. The fourth-order valence-electron chi connectivity index (χ4n) is 2.13. The smallest absolute Gasteiger partial charge is 0.255 e. The summed E-state index contributed by atoms with van der Waals surface area (Å²) in [5, 5.41) is 3.61. The van der Waals surface area contributed by atoms with Crippen LogP contribution in [0.3, 0.4) is 0 Å². The van der Waals surface area contributed by atoms with Crippen LogP contribution >= 0.6 is 50.7 Å². The van der Waals surface area contributed by atoms with Gasteiger partial charge in [0.2, 0.25) is 5.91 Å². The van der Waals surface area contributed by atoms with Crippen molar-refractivity contribution in [3.8, 4) is 0 Å². The van der Waals surface area contributed by atoms with Gasteiger partial charge in [-0.05, 0) is 37.3 Å². The second kappa shape index (κ2) is 8.90. The molecule has 2 aromatic rings. The lowest BCUT2D eigenvalue weighted by atomic mass is 10.2. The molecule has 0 radical (unpaired) electrons. The SMILES string of the molecule is CCN(CC(=O)Nc1c(Cl)cccc1Cl)C(=O)c1cc(Br)ccc1Cl. The highest BCUT2D eigenvalue weighted by Crippen LogP contribution is 2.29. The molecule has 0 spiro atoms. The number of amides is 2. The van der Waals surface area contributed by atoms with Crippen LogP contribution in [0, 0.1) is 0 Å². The number of anilines is 1. The van der Waals surface area contributed by atoms with Crippen molar-refractivity contribution in [2.45, 2.75) is 6.92 Å². The topological polar surface area (TPSA) is 49.4 Å². The van der Waals surface area contributed by atoms with Crippen molar-refractivity contribution in [1.82, 2.24) is 4.90 Å². The number of para-hydroxylation sites is 1. The van der Waals surface area contributed by atoms with Gasteiger partial charge in [0.25, 0.3) is 5.91 Å². The molecule has 0 aromatic heterocycles. The molecule has 132 valence electrons. The molecule has 0 aliphatic heterocycles. The summed E-state index contributed by atoms with van der Waals surface area (Å²) in [4.78, 5) is 26.4. The summed E-state index contributed by atoms with van der Waals surface area (Å²) in [6.07, 6.45) is 0. The number of benzene rings is 2. The molecule has 0 saturated heterocycles. The average Bonchev–Trinajstić information content (AvgIpc) is 2.57. The molecule has 0 saturated carbocycles. The normalized spacial score (nSPS) is 10.4. The molecule has 0 unspecified atom stereocenters. The molecule has 25 heavy (non-hydrogen) atoms. The van der Waals surface area contributed by atoms with E-state index in [4.69, 9.17) is 34.8 Å². The van der Waals surface area contributed by atoms with E-state index in [1.165, 1.54) is 4.90 Å². The molecule has 0 aliphatic rings. The van der Waals surface area contributed by atoms with Crippen molar-refractivity contribution >= 4 is 68.2 Å². The number of hydrogen-bond donors (Lipinski definition) is 1. The second-order valence-electron chi connectivity index (χ2n) is 5.09. The number of nitrogens with zero attached hydrogens (tertiary/aromatic N) is 1. The van der Waals surface area contributed by atoms with Crippen molar-refractivity contribution in [2.24, 2.45) is 0 Å². The lowest BCUT2D eigenvalue weighted by Gasteiger charge is -2.21. The maximum absolute atomic E-state index is 12.7. The Morgan fingerprint density at radius 1 is 1.08 bits per heavy atom. The summed E-state index contributed by atoms with van der Waals surface area (Å²) < 4.78 is 0.726. The first-order chi connectivity index (χ1) is 11.8. The van der Waals surface area contributed by atoms with Crippen LogP contribution in [-0.2, 0) is 4.79 Å². The zero-order chi connectivity index (χ0) is 18.6. The molecule has 2 rings (SSSR count). The van der Waals surface area contributed by atoms with E-state index in [1.807, 2.05) is 0 Å². The van der Waals surface area contributed by atoms with Gasteiger partial charge in [-0.1, -0.05) is 56.8 Å². The Bertz CT molecular complexity index is 794. The molecule has 4 nitrogen and oxygen atoms in total. The van der Waals surface area contributed by atoms with Crippen molar-refractivity contribution in [2.75, 3.05) is 18.4 Å². The van der Waals surface area contributed by atoms with Gasteiger partial charge in [-0.2, -0.15) is 0 Å². The Balaban J connectivity index is 2.14. The minimum atomic E-state index is -0.406. The molecule has 0 bridgehead atoms. The quantitative estimate of drug-likeness (QED) is 0.634. The predicted molar refractivity (Wildman–Crippen MR) is 106 cm³/mol. The van der Waals surface area contributed by atoms with Gasteiger partial charge < -0.3 is 10.2 Å². The third-order valence-electron chi connectivity index (χ3n) is 3.39. The first-order valence-electron chi connectivity index (χ1n) is 7.31. The fourth-order valence-corrected chi connectivity index (χ4v) is 3.18. The Kier molecular flexibility index (Phi) is 7.14. The molecule has 0 aliphatic carbocycles. The molecule has 2 aromatic carbocycles. The lowest BCUT2D eigenvalue weighted by Crippen LogP contribution is -2.38. The Labute approximate surface area is 169 Å². The minimum absolute atomic E-state index is 0.153. The van der Waals surface area contributed by atoms with Crippen LogP contribution in [0.15, 0.2) is 40.9 Å². The molecule has 0 heterocycles. The van der Waals surface area contributed by atoms with E-state index in [0.717, 1.165) is 4.47 Å². The molecule has 2 amide bonds. The van der Waals surface area contributed by atoms with E-state index in [-0.39, 0.29) is 12.5 Å². The van der Waals surface area contributed by atoms with Crippen molar-refractivity contribution in [3.63, 3.8) is 0 Å². The van der Waals surface area contributed by atoms with E-state index in [9.17, 15) is 9.59 Å².